The maximum atomic E-state index is 12.1. The van der Waals surface area contributed by atoms with Gasteiger partial charge in [0.15, 0.2) is 0 Å². The fourth-order valence-electron chi connectivity index (χ4n) is 2.83. The third-order valence-corrected chi connectivity index (χ3v) is 4.50. The zero-order valence-electron chi connectivity index (χ0n) is 12.9. The van der Waals surface area contributed by atoms with E-state index in [1.807, 2.05) is 4.90 Å². The molecule has 1 aliphatic heterocycles. The van der Waals surface area contributed by atoms with Gasteiger partial charge in [-0.25, -0.2) is 0 Å². The van der Waals surface area contributed by atoms with Gasteiger partial charge in [0.1, 0.15) is 0 Å². The first-order valence-electron chi connectivity index (χ1n) is 8.22. The van der Waals surface area contributed by atoms with E-state index in [1.54, 1.807) is 0 Å². The molecule has 1 fully saturated rings. The molecule has 1 unspecified atom stereocenters. The summed E-state index contributed by atoms with van der Waals surface area (Å²) in [6.07, 6.45) is 11.5. The molecular weight excluding hydrogens is 268 g/mol. The molecule has 0 aromatic rings. The number of unbranched alkanes of at least 4 members (excludes halogenated alkanes) is 6. The first-order valence-corrected chi connectivity index (χ1v) is 8.63. The fraction of sp³-hybridized carbons (Fsp3) is 0.875. The first kappa shape index (κ1) is 17.4. The summed E-state index contributed by atoms with van der Waals surface area (Å²) in [5.41, 5.74) is 5.70. The molecule has 0 spiro atoms. The molecular formula is C16H30N2OS. The number of nitrogens with zero attached hydrogens (tertiary/aromatic N) is 1. The van der Waals surface area contributed by atoms with Crippen LogP contribution < -0.4 is 5.73 Å². The quantitative estimate of drug-likeness (QED) is 0.522. The predicted molar refractivity (Wildman–Crippen MR) is 88.7 cm³/mol. The monoisotopic (exact) mass is 298 g/mol. The summed E-state index contributed by atoms with van der Waals surface area (Å²) in [4.78, 5) is 14.7. The fourth-order valence-corrected chi connectivity index (χ4v) is 3.02. The van der Waals surface area contributed by atoms with Crippen LogP contribution in [-0.2, 0) is 4.79 Å². The number of nitrogens with two attached hydrogens (primary N) is 1. The number of piperidine rings is 1. The minimum Gasteiger partial charge on any atom is -0.393 e. The molecule has 0 radical (unpaired) electrons. The van der Waals surface area contributed by atoms with Crippen molar-refractivity contribution >= 4 is 23.1 Å². The first-order chi connectivity index (χ1) is 9.65. The van der Waals surface area contributed by atoms with Crippen LogP contribution in [0.25, 0.3) is 0 Å². The topological polar surface area (TPSA) is 46.3 Å². The Balaban J connectivity index is 2.11. The average molecular weight is 298 g/mol. The Hall–Kier alpha value is -0.640. The predicted octanol–water partition coefficient (Wildman–Crippen LogP) is 3.65. The van der Waals surface area contributed by atoms with Crippen molar-refractivity contribution in [3.63, 3.8) is 0 Å². The van der Waals surface area contributed by atoms with Crippen molar-refractivity contribution in [2.75, 3.05) is 13.1 Å². The van der Waals surface area contributed by atoms with Crippen LogP contribution in [0.4, 0.5) is 0 Å². The van der Waals surface area contributed by atoms with Gasteiger partial charge in [0.25, 0.3) is 0 Å². The average Bonchev–Trinajstić information content (AvgIpc) is 2.46. The highest BCUT2D eigenvalue weighted by Gasteiger charge is 2.24. The van der Waals surface area contributed by atoms with Gasteiger partial charge in [0.2, 0.25) is 5.91 Å². The Morgan fingerprint density at radius 1 is 1.20 bits per heavy atom. The Morgan fingerprint density at radius 3 is 2.50 bits per heavy atom. The van der Waals surface area contributed by atoms with Crippen LogP contribution in [0.5, 0.6) is 0 Å². The number of hydrogen-bond donors (Lipinski definition) is 1. The lowest BCUT2D eigenvalue weighted by Gasteiger charge is -2.32. The van der Waals surface area contributed by atoms with Crippen LogP contribution in [0.2, 0.25) is 0 Å². The molecule has 0 aliphatic carbocycles. The van der Waals surface area contributed by atoms with Crippen LogP contribution in [0.3, 0.4) is 0 Å². The van der Waals surface area contributed by atoms with E-state index in [1.165, 1.54) is 38.5 Å². The Bertz CT molecular complexity index is 307. The molecule has 3 nitrogen and oxygen atoms in total. The van der Waals surface area contributed by atoms with E-state index in [-0.39, 0.29) is 5.92 Å². The minimum atomic E-state index is 0.233. The second-order valence-corrected chi connectivity index (χ2v) is 6.42. The molecule has 20 heavy (non-hydrogen) atoms. The SMILES string of the molecule is CCCCCCCCCC(=O)N1CCCC(C(N)=S)C1. The smallest absolute Gasteiger partial charge is 0.222 e. The molecule has 1 rings (SSSR count). The lowest BCUT2D eigenvalue weighted by Crippen LogP contribution is -2.43. The summed E-state index contributed by atoms with van der Waals surface area (Å²) in [5.74, 6) is 0.524. The van der Waals surface area contributed by atoms with Crippen molar-refractivity contribution in [3.8, 4) is 0 Å². The summed E-state index contributed by atoms with van der Waals surface area (Å²) in [7, 11) is 0. The van der Waals surface area contributed by atoms with Gasteiger partial charge in [-0.05, 0) is 19.3 Å². The van der Waals surface area contributed by atoms with Crippen LogP contribution in [0.1, 0.15) is 71.1 Å². The van der Waals surface area contributed by atoms with Crippen molar-refractivity contribution in [1.82, 2.24) is 4.90 Å². The third-order valence-electron chi connectivity index (χ3n) is 4.17. The maximum absolute atomic E-state index is 12.1. The van der Waals surface area contributed by atoms with E-state index < -0.39 is 0 Å². The number of rotatable bonds is 9. The number of carbonyl (C=O) groups excluding carboxylic acids is 1. The van der Waals surface area contributed by atoms with Gasteiger partial charge in [-0.1, -0.05) is 57.7 Å². The highest BCUT2D eigenvalue weighted by molar-refractivity contribution is 7.80. The van der Waals surface area contributed by atoms with Crippen LogP contribution >= 0.6 is 12.2 Å². The molecule has 0 aromatic heterocycles. The van der Waals surface area contributed by atoms with Gasteiger partial charge in [-0.15, -0.1) is 0 Å². The highest BCUT2D eigenvalue weighted by atomic mass is 32.1. The normalized spacial score (nSPS) is 19.1. The Morgan fingerprint density at radius 2 is 1.85 bits per heavy atom. The van der Waals surface area contributed by atoms with E-state index in [2.05, 4.69) is 6.92 Å². The number of amides is 1. The van der Waals surface area contributed by atoms with E-state index in [9.17, 15) is 4.79 Å². The summed E-state index contributed by atoms with van der Waals surface area (Å²) < 4.78 is 0. The van der Waals surface area contributed by atoms with Gasteiger partial charge in [-0.3, -0.25) is 4.79 Å². The van der Waals surface area contributed by atoms with E-state index >= 15 is 0 Å². The summed E-state index contributed by atoms with van der Waals surface area (Å²) >= 11 is 5.05. The van der Waals surface area contributed by atoms with Gasteiger partial charge < -0.3 is 10.6 Å². The number of hydrogen-bond acceptors (Lipinski definition) is 2. The summed E-state index contributed by atoms with van der Waals surface area (Å²) in [6, 6.07) is 0. The molecule has 0 aromatic carbocycles. The maximum Gasteiger partial charge on any atom is 0.222 e. The number of likely N-dealkylation sites (tertiary alicyclic amines) is 1. The van der Waals surface area contributed by atoms with Gasteiger partial charge in [0.05, 0.1) is 4.99 Å². The van der Waals surface area contributed by atoms with E-state index in [0.29, 0.717) is 17.3 Å². The molecule has 116 valence electrons. The lowest BCUT2D eigenvalue weighted by atomic mass is 9.97. The molecule has 2 N–H and O–H groups in total. The molecule has 1 amide bonds. The molecule has 0 bridgehead atoms. The Labute approximate surface area is 129 Å². The van der Waals surface area contributed by atoms with Crippen LogP contribution in [0.15, 0.2) is 0 Å². The van der Waals surface area contributed by atoms with Crippen LogP contribution in [0, 0.1) is 5.92 Å². The second kappa shape index (κ2) is 10.1. The number of thiocarbonyl (C=S) groups is 1. The molecule has 1 heterocycles. The highest BCUT2D eigenvalue weighted by Crippen LogP contribution is 2.18. The standard InChI is InChI=1S/C16H30N2OS/c1-2-3-4-5-6-7-8-11-15(19)18-12-9-10-14(13-18)16(17)20/h14H,2-13H2,1H3,(H2,17,20). The number of carbonyl (C=O) groups is 1. The third kappa shape index (κ3) is 6.69. The van der Waals surface area contributed by atoms with Gasteiger partial charge in [-0.2, -0.15) is 0 Å². The van der Waals surface area contributed by atoms with Gasteiger partial charge in [0, 0.05) is 25.4 Å². The lowest BCUT2D eigenvalue weighted by molar-refractivity contribution is -0.132. The minimum absolute atomic E-state index is 0.233. The molecule has 0 saturated carbocycles. The molecule has 1 saturated heterocycles. The van der Waals surface area contributed by atoms with E-state index in [0.717, 1.165) is 32.4 Å². The van der Waals surface area contributed by atoms with Crippen molar-refractivity contribution in [1.29, 1.82) is 0 Å². The van der Waals surface area contributed by atoms with Gasteiger partial charge >= 0.3 is 0 Å². The Kier molecular flexibility index (Phi) is 8.83. The van der Waals surface area contributed by atoms with Crippen molar-refractivity contribution in [2.24, 2.45) is 11.7 Å². The van der Waals surface area contributed by atoms with Crippen molar-refractivity contribution in [3.05, 3.63) is 0 Å². The van der Waals surface area contributed by atoms with Crippen molar-refractivity contribution in [2.45, 2.75) is 71.1 Å². The molecule has 1 aliphatic rings. The van der Waals surface area contributed by atoms with Crippen LogP contribution in [-0.4, -0.2) is 28.9 Å². The summed E-state index contributed by atoms with van der Waals surface area (Å²) in [6.45, 7) is 3.86. The summed E-state index contributed by atoms with van der Waals surface area (Å²) in [5, 5.41) is 0. The van der Waals surface area contributed by atoms with Crippen molar-refractivity contribution < 1.29 is 4.79 Å². The largest absolute Gasteiger partial charge is 0.393 e. The zero-order valence-corrected chi connectivity index (χ0v) is 13.7. The van der Waals surface area contributed by atoms with E-state index in [4.69, 9.17) is 18.0 Å². The molecule has 4 heteroatoms. The molecule has 1 atom stereocenters. The zero-order chi connectivity index (χ0) is 14.8. The second-order valence-electron chi connectivity index (χ2n) is 5.95.